The van der Waals surface area contributed by atoms with Gasteiger partial charge < -0.3 is 0 Å². The number of rotatable bonds is 2. The van der Waals surface area contributed by atoms with Crippen LogP contribution in [-0.2, 0) is 5.41 Å². The van der Waals surface area contributed by atoms with E-state index in [-0.39, 0.29) is 5.41 Å². The topological polar surface area (TPSA) is 30.0 Å². The van der Waals surface area contributed by atoms with Crippen LogP contribution in [0.15, 0.2) is 42.5 Å². The summed E-state index contributed by atoms with van der Waals surface area (Å²) in [7, 11) is 0. The van der Waals surface area contributed by atoms with E-state index >= 15 is 0 Å². The highest BCUT2D eigenvalue weighted by atomic mass is 16.1. The summed E-state index contributed by atoms with van der Waals surface area (Å²) in [6.45, 7) is 10.7. The molecule has 1 heterocycles. The van der Waals surface area contributed by atoms with Gasteiger partial charge in [0.2, 0.25) is 0 Å². The van der Waals surface area contributed by atoms with Crippen molar-refractivity contribution in [3.63, 3.8) is 0 Å². The zero-order valence-electron chi connectivity index (χ0n) is 15.0. The fourth-order valence-corrected chi connectivity index (χ4v) is 2.93. The monoisotopic (exact) mass is 317 g/mol. The van der Waals surface area contributed by atoms with Crippen molar-refractivity contribution in [2.75, 3.05) is 0 Å². The van der Waals surface area contributed by atoms with Gasteiger partial charge in [0.05, 0.1) is 5.69 Å². The van der Waals surface area contributed by atoms with Crippen LogP contribution in [0.3, 0.4) is 0 Å². The van der Waals surface area contributed by atoms with Crippen LogP contribution >= 0.6 is 0 Å². The Labute approximate surface area is 143 Å². The van der Waals surface area contributed by atoms with Gasteiger partial charge in [-0.05, 0) is 59.5 Å². The van der Waals surface area contributed by atoms with Gasteiger partial charge in [0.15, 0.2) is 6.29 Å². The number of carbonyl (C=O) groups is 1. The molecule has 0 radical (unpaired) electrons. The van der Waals surface area contributed by atoms with E-state index in [0.717, 1.165) is 28.3 Å². The Morgan fingerprint density at radius 2 is 1.67 bits per heavy atom. The van der Waals surface area contributed by atoms with E-state index in [4.69, 9.17) is 0 Å². The van der Waals surface area contributed by atoms with Crippen LogP contribution in [0.5, 0.6) is 0 Å². The molecule has 0 bridgehead atoms. The van der Waals surface area contributed by atoms with Gasteiger partial charge in [0.1, 0.15) is 5.69 Å². The molecule has 0 spiro atoms. The molecule has 0 atom stereocenters. The van der Waals surface area contributed by atoms with Crippen molar-refractivity contribution in [3.05, 3.63) is 64.8 Å². The van der Waals surface area contributed by atoms with Crippen LogP contribution < -0.4 is 0 Å². The van der Waals surface area contributed by atoms with Crippen molar-refractivity contribution in [2.45, 2.75) is 40.0 Å². The number of carbonyl (C=O) groups excluding carboxylic acids is 1. The molecular weight excluding hydrogens is 294 g/mol. The van der Waals surface area contributed by atoms with Gasteiger partial charge in [-0.2, -0.15) is 0 Å². The largest absolute Gasteiger partial charge is 0.296 e. The first-order valence-electron chi connectivity index (χ1n) is 8.28. The highest BCUT2D eigenvalue weighted by molar-refractivity contribution is 5.98. The minimum atomic E-state index is 0.0774. The highest BCUT2D eigenvalue weighted by Gasteiger charge is 2.15. The van der Waals surface area contributed by atoms with Gasteiger partial charge in [0.25, 0.3) is 0 Å². The highest BCUT2D eigenvalue weighted by Crippen LogP contribution is 2.30. The van der Waals surface area contributed by atoms with Gasteiger partial charge >= 0.3 is 0 Å². The first-order valence-corrected chi connectivity index (χ1v) is 8.28. The average Bonchev–Trinajstić information content (AvgIpc) is 2.54. The number of aryl methyl sites for hydroxylation is 2. The second-order valence-electron chi connectivity index (χ2n) is 7.50. The number of aromatic nitrogens is 1. The zero-order chi connectivity index (χ0) is 17.5. The Morgan fingerprint density at radius 3 is 2.33 bits per heavy atom. The predicted molar refractivity (Wildman–Crippen MR) is 101 cm³/mol. The SMILES string of the molecule is Cc1cc2cc(-c3cccc(C(C)(C)C)c3)nc(C=O)c2cc1C. The van der Waals surface area contributed by atoms with Gasteiger partial charge in [0, 0.05) is 10.9 Å². The smallest absolute Gasteiger partial charge is 0.169 e. The van der Waals surface area contributed by atoms with Crippen LogP contribution in [0.1, 0.15) is 48.0 Å². The Morgan fingerprint density at radius 1 is 0.958 bits per heavy atom. The van der Waals surface area contributed by atoms with Crippen molar-refractivity contribution in [2.24, 2.45) is 0 Å². The maximum Gasteiger partial charge on any atom is 0.169 e. The summed E-state index contributed by atoms with van der Waals surface area (Å²) >= 11 is 0. The normalized spacial score (nSPS) is 11.7. The minimum absolute atomic E-state index is 0.0774. The number of benzene rings is 2. The third-order valence-corrected chi connectivity index (χ3v) is 4.61. The Kier molecular flexibility index (Phi) is 4.00. The molecular formula is C22H23NO. The molecule has 0 N–H and O–H groups in total. The molecule has 24 heavy (non-hydrogen) atoms. The van der Waals surface area contributed by atoms with Crippen molar-refractivity contribution in [1.82, 2.24) is 4.98 Å². The number of pyridine rings is 1. The average molecular weight is 317 g/mol. The van der Waals surface area contributed by atoms with E-state index in [0.29, 0.717) is 5.69 Å². The van der Waals surface area contributed by atoms with E-state index in [9.17, 15) is 4.79 Å². The Balaban J connectivity index is 2.24. The number of hydrogen-bond acceptors (Lipinski definition) is 2. The quantitative estimate of drug-likeness (QED) is 0.573. The van der Waals surface area contributed by atoms with Crippen LogP contribution in [0, 0.1) is 13.8 Å². The number of nitrogens with zero attached hydrogens (tertiary/aromatic N) is 1. The lowest BCUT2D eigenvalue weighted by molar-refractivity contribution is 0.112. The zero-order valence-corrected chi connectivity index (χ0v) is 15.0. The molecule has 0 aliphatic rings. The lowest BCUT2D eigenvalue weighted by Gasteiger charge is -2.19. The maximum absolute atomic E-state index is 11.6. The van der Waals surface area contributed by atoms with Crippen molar-refractivity contribution >= 4 is 17.1 Å². The Hall–Kier alpha value is -2.48. The summed E-state index contributed by atoms with van der Waals surface area (Å²) in [6, 6.07) is 14.7. The molecule has 3 rings (SSSR count). The van der Waals surface area contributed by atoms with Gasteiger partial charge in [-0.3, -0.25) is 4.79 Å². The predicted octanol–water partition coefficient (Wildman–Crippen LogP) is 5.63. The lowest BCUT2D eigenvalue weighted by atomic mass is 9.86. The van der Waals surface area contributed by atoms with E-state index in [2.05, 4.69) is 82.1 Å². The van der Waals surface area contributed by atoms with E-state index in [1.807, 2.05) is 0 Å². The van der Waals surface area contributed by atoms with E-state index in [1.165, 1.54) is 16.7 Å². The molecule has 0 amide bonds. The number of fused-ring (bicyclic) bond motifs is 1. The third-order valence-electron chi connectivity index (χ3n) is 4.61. The second-order valence-corrected chi connectivity index (χ2v) is 7.50. The number of hydrogen-bond donors (Lipinski definition) is 0. The van der Waals surface area contributed by atoms with Gasteiger partial charge in [-0.1, -0.05) is 45.0 Å². The van der Waals surface area contributed by atoms with Gasteiger partial charge in [-0.25, -0.2) is 4.98 Å². The molecule has 122 valence electrons. The third kappa shape index (κ3) is 2.96. The van der Waals surface area contributed by atoms with E-state index in [1.54, 1.807) is 0 Å². The summed E-state index contributed by atoms with van der Waals surface area (Å²) in [5.74, 6) is 0. The van der Waals surface area contributed by atoms with E-state index < -0.39 is 0 Å². The summed E-state index contributed by atoms with van der Waals surface area (Å²) in [4.78, 5) is 16.2. The molecule has 0 saturated heterocycles. The van der Waals surface area contributed by atoms with Crippen LogP contribution in [0.4, 0.5) is 0 Å². The van der Waals surface area contributed by atoms with Crippen LogP contribution in [-0.4, -0.2) is 11.3 Å². The maximum atomic E-state index is 11.6. The minimum Gasteiger partial charge on any atom is -0.296 e. The summed E-state index contributed by atoms with van der Waals surface area (Å²) in [6.07, 6.45) is 0.855. The Bertz CT molecular complexity index is 933. The first-order chi connectivity index (χ1) is 11.3. The molecule has 3 aromatic rings. The second kappa shape index (κ2) is 5.86. The molecule has 2 aromatic carbocycles. The van der Waals surface area contributed by atoms with Crippen molar-refractivity contribution < 1.29 is 4.79 Å². The lowest BCUT2D eigenvalue weighted by Crippen LogP contribution is -2.10. The molecule has 0 aliphatic heterocycles. The van der Waals surface area contributed by atoms with Crippen molar-refractivity contribution in [3.8, 4) is 11.3 Å². The molecule has 2 heteroatoms. The fraction of sp³-hybridized carbons (Fsp3) is 0.273. The fourth-order valence-electron chi connectivity index (χ4n) is 2.93. The number of aldehydes is 1. The molecule has 0 aliphatic carbocycles. The molecule has 0 saturated carbocycles. The molecule has 1 aromatic heterocycles. The summed E-state index contributed by atoms with van der Waals surface area (Å²) < 4.78 is 0. The van der Waals surface area contributed by atoms with Gasteiger partial charge in [-0.15, -0.1) is 0 Å². The van der Waals surface area contributed by atoms with Crippen molar-refractivity contribution in [1.29, 1.82) is 0 Å². The summed E-state index contributed by atoms with van der Waals surface area (Å²) in [5, 5.41) is 1.98. The molecule has 2 nitrogen and oxygen atoms in total. The standard InChI is InChI=1S/C22H23NO/c1-14-9-17-12-20(23-21(13-24)19(17)10-15(14)2)16-7-6-8-18(11-16)22(3,4)5/h6-13H,1-5H3. The molecule has 0 unspecified atom stereocenters. The molecule has 0 fully saturated rings. The van der Waals surface area contributed by atoms with Crippen LogP contribution in [0.2, 0.25) is 0 Å². The van der Waals surface area contributed by atoms with Crippen LogP contribution in [0.25, 0.3) is 22.0 Å². The first kappa shape index (κ1) is 16.4. The summed E-state index contributed by atoms with van der Waals surface area (Å²) in [5.41, 5.74) is 6.13.